The van der Waals surface area contributed by atoms with E-state index in [2.05, 4.69) is 20.4 Å². The van der Waals surface area contributed by atoms with Gasteiger partial charge in [-0.3, -0.25) is 0 Å². The first-order valence-electron chi connectivity index (χ1n) is 9.74. The third-order valence-electron chi connectivity index (χ3n) is 5.38. The monoisotopic (exact) mass is 393 g/mol. The van der Waals surface area contributed by atoms with Crippen molar-refractivity contribution in [1.82, 2.24) is 34.6 Å². The molecular formula is C20H20FN7O. The Morgan fingerprint density at radius 1 is 1.21 bits per heavy atom. The lowest BCUT2D eigenvalue weighted by Gasteiger charge is -2.26. The molecule has 0 amide bonds. The Kier molecular flexibility index (Phi) is 4.42. The number of halogens is 1. The Bertz CT molecular complexity index is 1150. The predicted octanol–water partition coefficient (Wildman–Crippen LogP) is 3.39. The lowest BCUT2D eigenvalue weighted by atomic mass is 9.81. The zero-order chi connectivity index (χ0) is 19.8. The summed E-state index contributed by atoms with van der Waals surface area (Å²) in [6.07, 6.45) is 6.89. The first kappa shape index (κ1) is 17.7. The maximum absolute atomic E-state index is 13.3. The fraction of sp³-hybridized carbons (Fsp3) is 0.350. The van der Waals surface area contributed by atoms with E-state index < -0.39 is 0 Å². The molecule has 5 rings (SSSR count). The topological polar surface area (TPSA) is 83.0 Å². The molecule has 0 bridgehead atoms. The van der Waals surface area contributed by atoms with E-state index in [1.165, 1.54) is 24.9 Å². The highest BCUT2D eigenvalue weighted by Gasteiger charge is 2.26. The predicted molar refractivity (Wildman–Crippen MR) is 103 cm³/mol. The molecule has 1 aliphatic rings. The Morgan fingerprint density at radius 2 is 2.03 bits per heavy atom. The number of aromatic nitrogens is 7. The smallest absolute Gasteiger partial charge is 0.220 e. The van der Waals surface area contributed by atoms with Gasteiger partial charge in [0.05, 0.1) is 0 Å². The Morgan fingerprint density at radius 3 is 2.76 bits per heavy atom. The number of hydrogen-bond acceptors (Lipinski definition) is 6. The minimum absolute atomic E-state index is 0.282. The van der Waals surface area contributed by atoms with Crippen molar-refractivity contribution in [1.29, 1.82) is 0 Å². The van der Waals surface area contributed by atoms with Crippen LogP contribution in [-0.2, 0) is 13.2 Å². The van der Waals surface area contributed by atoms with Crippen molar-refractivity contribution in [2.45, 2.75) is 45.3 Å². The second-order valence-corrected chi connectivity index (χ2v) is 7.12. The van der Waals surface area contributed by atoms with Crippen LogP contribution in [0, 0.1) is 5.82 Å². The number of rotatable bonds is 6. The second-order valence-electron chi connectivity index (χ2n) is 7.12. The van der Waals surface area contributed by atoms with Gasteiger partial charge in [-0.1, -0.05) is 11.6 Å². The second kappa shape index (κ2) is 7.23. The molecule has 1 aliphatic carbocycles. The molecule has 29 heavy (non-hydrogen) atoms. The van der Waals surface area contributed by atoms with Crippen molar-refractivity contribution in [2.24, 2.45) is 0 Å². The highest BCUT2D eigenvalue weighted by molar-refractivity contribution is 5.73. The molecule has 3 aromatic heterocycles. The number of ether oxygens (including phenoxy) is 1. The van der Waals surface area contributed by atoms with Crippen LogP contribution in [0.4, 0.5) is 4.39 Å². The molecule has 1 fully saturated rings. The molecule has 0 radical (unpaired) electrons. The van der Waals surface area contributed by atoms with Crippen LogP contribution in [0.1, 0.15) is 43.5 Å². The number of hydrogen-bond donors (Lipinski definition) is 0. The summed E-state index contributed by atoms with van der Waals surface area (Å²) in [5.74, 6) is 1.43. The third-order valence-corrected chi connectivity index (χ3v) is 5.38. The van der Waals surface area contributed by atoms with E-state index in [0.29, 0.717) is 23.1 Å². The largest absolute Gasteiger partial charge is 0.469 e. The van der Waals surface area contributed by atoms with Crippen LogP contribution >= 0.6 is 0 Å². The van der Waals surface area contributed by atoms with Gasteiger partial charge < -0.3 is 4.74 Å². The summed E-state index contributed by atoms with van der Waals surface area (Å²) in [5.41, 5.74) is 2.95. The molecule has 0 saturated heterocycles. The molecule has 148 valence electrons. The summed E-state index contributed by atoms with van der Waals surface area (Å²) in [6, 6.07) is 6.15. The highest BCUT2D eigenvalue weighted by Crippen LogP contribution is 2.40. The molecular weight excluding hydrogens is 373 g/mol. The van der Waals surface area contributed by atoms with E-state index in [1.54, 1.807) is 21.3 Å². The molecule has 4 aromatic rings. The van der Waals surface area contributed by atoms with E-state index in [1.807, 2.05) is 13.1 Å². The summed E-state index contributed by atoms with van der Waals surface area (Å²) >= 11 is 0. The van der Waals surface area contributed by atoms with Crippen molar-refractivity contribution in [3.05, 3.63) is 54.0 Å². The molecule has 0 spiro atoms. The molecule has 0 aliphatic heterocycles. The molecule has 8 nitrogen and oxygen atoms in total. The van der Waals surface area contributed by atoms with Gasteiger partial charge in [-0.15, -0.1) is 5.10 Å². The van der Waals surface area contributed by atoms with Gasteiger partial charge in [0, 0.05) is 23.9 Å². The Balaban J connectivity index is 1.54. The SMILES string of the molecule is CCn1ncnc1COc1nc2c(-c3ccc(F)cc3)nnn2cc1C1CCC1. The zero-order valence-electron chi connectivity index (χ0n) is 16.0. The highest BCUT2D eigenvalue weighted by atomic mass is 19.1. The number of fused-ring (bicyclic) bond motifs is 1. The fourth-order valence-electron chi connectivity index (χ4n) is 3.53. The van der Waals surface area contributed by atoms with Gasteiger partial charge in [0.1, 0.15) is 24.4 Å². The van der Waals surface area contributed by atoms with Gasteiger partial charge in [0.25, 0.3) is 0 Å². The van der Waals surface area contributed by atoms with Crippen LogP contribution in [0.2, 0.25) is 0 Å². The summed E-state index contributed by atoms with van der Waals surface area (Å²) in [7, 11) is 0. The lowest BCUT2D eigenvalue weighted by molar-refractivity contribution is 0.266. The number of benzene rings is 1. The first-order valence-corrected chi connectivity index (χ1v) is 9.74. The van der Waals surface area contributed by atoms with Crippen LogP contribution in [-0.4, -0.2) is 34.6 Å². The molecule has 1 aromatic carbocycles. The van der Waals surface area contributed by atoms with Crippen LogP contribution < -0.4 is 4.74 Å². The average molecular weight is 393 g/mol. The number of aryl methyl sites for hydroxylation is 1. The maximum atomic E-state index is 13.3. The standard InChI is InChI=1S/C20H20FN7O/c1-2-27-17(22-12-23-27)11-29-20-16(13-4-3-5-13)10-28-19(24-20)18(25-26-28)14-6-8-15(21)9-7-14/h6-10,12-13H,2-5,11H2,1H3. The van der Waals surface area contributed by atoms with E-state index in [-0.39, 0.29) is 12.4 Å². The maximum Gasteiger partial charge on any atom is 0.220 e. The molecule has 9 heteroatoms. The van der Waals surface area contributed by atoms with Crippen molar-refractivity contribution in [3.63, 3.8) is 0 Å². The summed E-state index contributed by atoms with van der Waals surface area (Å²) < 4.78 is 22.9. The van der Waals surface area contributed by atoms with E-state index in [0.717, 1.165) is 36.3 Å². The van der Waals surface area contributed by atoms with Gasteiger partial charge in [-0.05, 0) is 49.9 Å². The van der Waals surface area contributed by atoms with Crippen LogP contribution in [0.3, 0.4) is 0 Å². The molecule has 0 atom stereocenters. The Hall–Kier alpha value is -3.36. The average Bonchev–Trinajstić information content (AvgIpc) is 3.31. The quantitative estimate of drug-likeness (QED) is 0.499. The van der Waals surface area contributed by atoms with Crippen LogP contribution in [0.25, 0.3) is 16.9 Å². The van der Waals surface area contributed by atoms with E-state index in [4.69, 9.17) is 9.72 Å². The molecule has 0 N–H and O–H groups in total. The van der Waals surface area contributed by atoms with Gasteiger partial charge >= 0.3 is 0 Å². The van der Waals surface area contributed by atoms with Crippen molar-refractivity contribution in [3.8, 4) is 17.1 Å². The van der Waals surface area contributed by atoms with E-state index >= 15 is 0 Å². The van der Waals surface area contributed by atoms with Gasteiger partial charge in [0.15, 0.2) is 11.5 Å². The summed E-state index contributed by atoms with van der Waals surface area (Å²) in [4.78, 5) is 9.03. The first-order chi connectivity index (χ1) is 14.2. The van der Waals surface area contributed by atoms with Gasteiger partial charge in [0.2, 0.25) is 5.88 Å². The normalized spacial score (nSPS) is 14.3. The lowest BCUT2D eigenvalue weighted by Crippen LogP contribution is -2.14. The molecule has 1 saturated carbocycles. The molecule has 0 unspecified atom stereocenters. The van der Waals surface area contributed by atoms with Crippen molar-refractivity contribution >= 4 is 5.65 Å². The van der Waals surface area contributed by atoms with Gasteiger partial charge in [-0.2, -0.15) is 10.1 Å². The Labute approximate surface area is 166 Å². The van der Waals surface area contributed by atoms with Crippen molar-refractivity contribution < 1.29 is 9.13 Å². The summed E-state index contributed by atoms with van der Waals surface area (Å²) in [5, 5.41) is 12.7. The number of nitrogens with zero attached hydrogens (tertiary/aromatic N) is 7. The fourth-order valence-corrected chi connectivity index (χ4v) is 3.53. The summed E-state index contributed by atoms with van der Waals surface area (Å²) in [6.45, 7) is 3.02. The van der Waals surface area contributed by atoms with Gasteiger partial charge in [-0.25, -0.2) is 18.6 Å². The van der Waals surface area contributed by atoms with E-state index in [9.17, 15) is 4.39 Å². The van der Waals surface area contributed by atoms with Crippen molar-refractivity contribution in [2.75, 3.05) is 0 Å². The molecule has 3 heterocycles. The minimum atomic E-state index is -0.297. The van der Waals surface area contributed by atoms with Crippen LogP contribution in [0.5, 0.6) is 5.88 Å². The third kappa shape index (κ3) is 3.22. The minimum Gasteiger partial charge on any atom is -0.469 e. The zero-order valence-corrected chi connectivity index (χ0v) is 16.0. The van der Waals surface area contributed by atoms with Crippen LogP contribution in [0.15, 0.2) is 36.8 Å².